The lowest BCUT2D eigenvalue weighted by Gasteiger charge is -2.24. The summed E-state index contributed by atoms with van der Waals surface area (Å²) in [6, 6.07) is 4.95. The van der Waals surface area contributed by atoms with Crippen LogP contribution in [0.25, 0.3) is 0 Å². The molecule has 12 nitrogen and oxygen atoms in total. The molecule has 12 heteroatoms. The maximum Gasteiger partial charge on any atom is 0.351 e. The van der Waals surface area contributed by atoms with Gasteiger partial charge in [0.15, 0.2) is 17.3 Å². The minimum Gasteiger partial charge on any atom is -0.489 e. The van der Waals surface area contributed by atoms with Gasteiger partial charge in [-0.3, -0.25) is 4.57 Å². The molecule has 1 saturated heterocycles. The maximum atomic E-state index is 12.6. The Morgan fingerprint density at radius 1 is 1.38 bits per heavy atom. The zero-order chi connectivity index (χ0) is 22.7. The molecule has 3 atom stereocenters. The number of amides is 2. The molecule has 2 aromatic rings. The number of aromatic nitrogens is 2. The molecular weight excluding hydrogens is 422 g/mol. The SMILES string of the molecule is CCNC(=O)NCCOc1cccc2c1Nc1nc(=O)n([C@H]3C[C@H](O)[C@@H](CO)O3)cc1O2. The molecule has 0 bridgehead atoms. The highest BCUT2D eigenvalue weighted by Crippen LogP contribution is 2.45. The summed E-state index contributed by atoms with van der Waals surface area (Å²) in [5.74, 6) is 1.47. The molecule has 0 saturated carbocycles. The van der Waals surface area contributed by atoms with Crippen LogP contribution in [0.15, 0.2) is 29.2 Å². The summed E-state index contributed by atoms with van der Waals surface area (Å²) in [5.41, 5.74) is -0.0841. The van der Waals surface area contributed by atoms with E-state index in [2.05, 4.69) is 20.9 Å². The van der Waals surface area contributed by atoms with Gasteiger partial charge in [-0.15, -0.1) is 0 Å². The fourth-order valence-electron chi connectivity index (χ4n) is 3.50. The second-order valence-electron chi connectivity index (χ2n) is 7.25. The first kappa shape index (κ1) is 21.9. The Morgan fingerprint density at radius 3 is 2.97 bits per heavy atom. The molecule has 4 rings (SSSR count). The fourth-order valence-corrected chi connectivity index (χ4v) is 3.50. The molecule has 2 amide bonds. The quantitative estimate of drug-likeness (QED) is 0.324. The van der Waals surface area contributed by atoms with E-state index in [4.69, 9.17) is 14.2 Å². The summed E-state index contributed by atoms with van der Waals surface area (Å²) in [5, 5.41) is 27.6. The van der Waals surface area contributed by atoms with E-state index in [-0.39, 0.29) is 31.5 Å². The van der Waals surface area contributed by atoms with Crippen LogP contribution in [0.5, 0.6) is 17.2 Å². The Hall–Kier alpha value is -3.35. The van der Waals surface area contributed by atoms with Crippen LogP contribution in [0.3, 0.4) is 0 Å². The average Bonchev–Trinajstić information content (AvgIpc) is 3.15. The highest BCUT2D eigenvalue weighted by atomic mass is 16.5. The number of aliphatic hydroxyl groups excluding tert-OH is 2. The van der Waals surface area contributed by atoms with Crippen molar-refractivity contribution >= 4 is 17.5 Å². The average molecular weight is 447 g/mol. The van der Waals surface area contributed by atoms with E-state index in [9.17, 15) is 19.8 Å². The molecule has 2 aliphatic rings. The van der Waals surface area contributed by atoms with Crippen LogP contribution in [0.1, 0.15) is 19.6 Å². The van der Waals surface area contributed by atoms with Crippen molar-refractivity contribution in [3.63, 3.8) is 0 Å². The Morgan fingerprint density at radius 2 is 2.22 bits per heavy atom. The third-order valence-corrected chi connectivity index (χ3v) is 5.05. The van der Waals surface area contributed by atoms with Gasteiger partial charge < -0.3 is 40.4 Å². The van der Waals surface area contributed by atoms with Crippen molar-refractivity contribution in [2.45, 2.75) is 31.8 Å². The lowest BCUT2D eigenvalue weighted by molar-refractivity contribution is -0.0459. The Kier molecular flexibility index (Phi) is 6.44. The van der Waals surface area contributed by atoms with Crippen molar-refractivity contribution in [3.05, 3.63) is 34.9 Å². The number of carbonyl (C=O) groups excluding carboxylic acids is 1. The number of fused-ring (bicyclic) bond motifs is 2. The lowest BCUT2D eigenvalue weighted by Crippen LogP contribution is -2.37. The van der Waals surface area contributed by atoms with Gasteiger partial charge in [0.1, 0.15) is 30.4 Å². The van der Waals surface area contributed by atoms with Crippen molar-refractivity contribution in [3.8, 4) is 17.2 Å². The molecule has 0 spiro atoms. The molecule has 1 aromatic heterocycles. The van der Waals surface area contributed by atoms with Crippen LogP contribution in [-0.2, 0) is 4.74 Å². The number of nitrogens with one attached hydrogen (secondary N) is 3. The van der Waals surface area contributed by atoms with Crippen molar-refractivity contribution in [2.75, 3.05) is 31.6 Å². The summed E-state index contributed by atoms with van der Waals surface area (Å²) < 4.78 is 18.5. The first-order chi connectivity index (χ1) is 15.5. The van der Waals surface area contributed by atoms with Gasteiger partial charge >= 0.3 is 11.7 Å². The van der Waals surface area contributed by atoms with Gasteiger partial charge in [0, 0.05) is 13.0 Å². The molecule has 172 valence electrons. The zero-order valence-corrected chi connectivity index (χ0v) is 17.4. The normalized spacial score (nSPS) is 21.0. The summed E-state index contributed by atoms with van der Waals surface area (Å²) in [4.78, 5) is 28.0. The van der Waals surface area contributed by atoms with Gasteiger partial charge in [0.2, 0.25) is 0 Å². The van der Waals surface area contributed by atoms with E-state index in [1.807, 2.05) is 6.92 Å². The first-order valence-electron chi connectivity index (χ1n) is 10.3. The number of ether oxygens (including phenoxy) is 3. The van der Waals surface area contributed by atoms with Crippen molar-refractivity contribution < 1.29 is 29.2 Å². The van der Waals surface area contributed by atoms with Gasteiger partial charge in [0.25, 0.3) is 0 Å². The minimum absolute atomic E-state index is 0.151. The van der Waals surface area contributed by atoms with E-state index < -0.39 is 24.1 Å². The summed E-state index contributed by atoms with van der Waals surface area (Å²) in [6.07, 6.45) is -0.788. The van der Waals surface area contributed by atoms with E-state index in [0.717, 1.165) is 0 Å². The summed E-state index contributed by atoms with van der Waals surface area (Å²) in [7, 11) is 0. The van der Waals surface area contributed by atoms with E-state index in [0.29, 0.717) is 36.0 Å². The number of nitrogens with zero attached hydrogens (tertiary/aromatic N) is 2. The van der Waals surface area contributed by atoms with Gasteiger partial charge in [-0.1, -0.05) is 6.07 Å². The lowest BCUT2D eigenvalue weighted by atomic mass is 10.2. The van der Waals surface area contributed by atoms with Gasteiger partial charge in [-0.05, 0) is 19.1 Å². The van der Waals surface area contributed by atoms with Crippen LogP contribution in [0.2, 0.25) is 0 Å². The third kappa shape index (κ3) is 4.47. The number of benzene rings is 1. The Bertz CT molecular complexity index is 1040. The van der Waals surface area contributed by atoms with E-state index in [1.165, 1.54) is 10.8 Å². The maximum absolute atomic E-state index is 12.6. The molecule has 2 aliphatic heterocycles. The number of para-hydroxylation sites is 1. The number of hydrogen-bond acceptors (Lipinski definition) is 9. The second kappa shape index (κ2) is 9.42. The van der Waals surface area contributed by atoms with Crippen molar-refractivity contribution in [1.82, 2.24) is 20.2 Å². The molecule has 5 N–H and O–H groups in total. The standard InChI is InChI=1S/C20H25N5O7/c1-2-21-19(28)22-6-7-30-12-4-3-5-13-17(12)23-18-14(31-13)9-25(20(29)24-18)16-8-11(27)15(10-26)32-16/h3-5,9,11,15-16,26-27H,2,6-8,10H2,1H3,(H2,21,22,28)(H,23,24,29)/t11-,15+,16+/m0/s1. The van der Waals surface area contributed by atoms with Crippen LogP contribution in [0, 0.1) is 0 Å². The first-order valence-corrected chi connectivity index (χ1v) is 10.3. The summed E-state index contributed by atoms with van der Waals surface area (Å²) >= 11 is 0. The van der Waals surface area contributed by atoms with Crippen LogP contribution in [-0.4, -0.2) is 64.3 Å². The molecule has 32 heavy (non-hydrogen) atoms. The van der Waals surface area contributed by atoms with E-state index in [1.54, 1.807) is 18.2 Å². The summed E-state index contributed by atoms with van der Waals surface area (Å²) in [6.45, 7) is 2.54. The van der Waals surface area contributed by atoms with Gasteiger partial charge in [-0.25, -0.2) is 9.59 Å². The minimum atomic E-state index is -0.880. The molecule has 1 aromatic carbocycles. The largest absolute Gasteiger partial charge is 0.489 e. The highest BCUT2D eigenvalue weighted by Gasteiger charge is 2.36. The predicted octanol–water partition coefficient (Wildman–Crippen LogP) is 0.431. The Labute approximate surface area is 183 Å². The van der Waals surface area contributed by atoms with Crippen LogP contribution < -0.4 is 31.1 Å². The monoisotopic (exact) mass is 447 g/mol. The molecule has 1 fully saturated rings. The smallest absolute Gasteiger partial charge is 0.351 e. The zero-order valence-electron chi connectivity index (χ0n) is 17.4. The molecule has 0 unspecified atom stereocenters. The number of hydrogen-bond donors (Lipinski definition) is 5. The van der Waals surface area contributed by atoms with Crippen molar-refractivity contribution in [1.29, 1.82) is 0 Å². The molecule has 0 aliphatic carbocycles. The van der Waals surface area contributed by atoms with Crippen LogP contribution >= 0.6 is 0 Å². The number of aliphatic hydroxyl groups is 2. The third-order valence-electron chi connectivity index (χ3n) is 5.05. The van der Waals surface area contributed by atoms with E-state index >= 15 is 0 Å². The second-order valence-corrected chi connectivity index (χ2v) is 7.25. The number of carbonyl (C=O) groups is 1. The predicted molar refractivity (Wildman–Crippen MR) is 112 cm³/mol. The number of urea groups is 1. The number of anilines is 2. The molecule has 3 heterocycles. The van der Waals surface area contributed by atoms with Gasteiger partial charge in [-0.2, -0.15) is 4.98 Å². The number of rotatable bonds is 7. The van der Waals surface area contributed by atoms with Gasteiger partial charge in [0.05, 0.1) is 25.5 Å². The van der Waals surface area contributed by atoms with Crippen LogP contribution in [0.4, 0.5) is 16.3 Å². The topological polar surface area (TPSA) is 156 Å². The molecule has 0 radical (unpaired) electrons. The highest BCUT2D eigenvalue weighted by molar-refractivity contribution is 5.77. The Balaban J connectivity index is 1.47. The fraction of sp³-hybridized carbons (Fsp3) is 0.450. The van der Waals surface area contributed by atoms with Crippen molar-refractivity contribution in [2.24, 2.45) is 0 Å². The molecular formula is C20H25N5O7.